The van der Waals surface area contributed by atoms with Gasteiger partial charge in [-0.2, -0.15) is 0 Å². The fourth-order valence-electron chi connectivity index (χ4n) is 2.73. The average molecular weight is 382 g/mol. The maximum atomic E-state index is 12.6. The molecule has 3 aromatic rings. The van der Waals surface area contributed by atoms with Crippen LogP contribution in [0.15, 0.2) is 53.4 Å². The van der Waals surface area contributed by atoms with E-state index >= 15 is 0 Å². The number of carbonyl (C=O) groups excluding carboxylic acids is 1. The maximum absolute atomic E-state index is 12.6. The number of hydrogen-bond acceptors (Lipinski definition) is 3. The van der Waals surface area contributed by atoms with Gasteiger partial charge in [0.25, 0.3) is 5.91 Å². The van der Waals surface area contributed by atoms with Gasteiger partial charge in [0.1, 0.15) is 5.69 Å². The van der Waals surface area contributed by atoms with Gasteiger partial charge in [-0.1, -0.05) is 32.9 Å². The number of aromatic amines is 1. The van der Waals surface area contributed by atoms with E-state index in [-0.39, 0.29) is 17.1 Å². The summed E-state index contributed by atoms with van der Waals surface area (Å²) in [5.41, 5.74) is 3.21. The standard InChI is InChI=1S/C21H22N2O3S/c1-21(2,3)14-5-4-6-15(11-14)22-20(26)18-10-13-9-16(27-12-19(24)25)7-8-17(13)23-18/h4-11,23H,12H2,1-3H3,(H,22,26)(H,24,25). The number of anilines is 1. The highest BCUT2D eigenvalue weighted by molar-refractivity contribution is 8.00. The molecule has 1 amide bonds. The van der Waals surface area contributed by atoms with Crippen molar-refractivity contribution in [1.29, 1.82) is 0 Å². The number of aliphatic carboxylic acids is 1. The molecular formula is C21H22N2O3S. The Morgan fingerprint density at radius 3 is 2.59 bits per heavy atom. The zero-order valence-electron chi connectivity index (χ0n) is 15.5. The van der Waals surface area contributed by atoms with E-state index in [0.717, 1.165) is 27.0 Å². The quantitative estimate of drug-likeness (QED) is 0.549. The first-order valence-corrected chi connectivity index (χ1v) is 9.60. The first kappa shape index (κ1) is 19.0. The molecule has 140 valence electrons. The Morgan fingerprint density at radius 1 is 1.11 bits per heavy atom. The number of benzene rings is 2. The lowest BCUT2D eigenvalue weighted by Crippen LogP contribution is -2.14. The molecule has 0 saturated heterocycles. The fourth-order valence-corrected chi connectivity index (χ4v) is 3.39. The predicted octanol–water partition coefficient (Wildman–Crippen LogP) is 4.89. The molecule has 0 aliphatic rings. The van der Waals surface area contributed by atoms with Crippen molar-refractivity contribution < 1.29 is 14.7 Å². The Morgan fingerprint density at radius 2 is 1.89 bits per heavy atom. The number of carbonyl (C=O) groups is 2. The first-order chi connectivity index (χ1) is 12.7. The number of carboxylic acids is 1. The Labute approximate surface area is 162 Å². The molecule has 3 N–H and O–H groups in total. The summed E-state index contributed by atoms with van der Waals surface area (Å²) in [7, 11) is 0. The van der Waals surface area contributed by atoms with Crippen molar-refractivity contribution in [3.63, 3.8) is 0 Å². The van der Waals surface area contributed by atoms with Crippen LogP contribution in [0.1, 0.15) is 36.8 Å². The summed E-state index contributed by atoms with van der Waals surface area (Å²) in [4.78, 5) is 27.3. The van der Waals surface area contributed by atoms with E-state index < -0.39 is 5.97 Å². The van der Waals surface area contributed by atoms with Crippen LogP contribution in [0, 0.1) is 0 Å². The van der Waals surface area contributed by atoms with E-state index in [4.69, 9.17) is 5.11 Å². The predicted molar refractivity (Wildman–Crippen MR) is 110 cm³/mol. The molecular weight excluding hydrogens is 360 g/mol. The summed E-state index contributed by atoms with van der Waals surface area (Å²) >= 11 is 1.25. The smallest absolute Gasteiger partial charge is 0.313 e. The van der Waals surface area contributed by atoms with Crippen molar-refractivity contribution in [3.05, 3.63) is 59.8 Å². The van der Waals surface area contributed by atoms with Crippen molar-refractivity contribution in [2.45, 2.75) is 31.1 Å². The van der Waals surface area contributed by atoms with Gasteiger partial charge in [-0.25, -0.2) is 0 Å². The van der Waals surface area contributed by atoms with Crippen molar-refractivity contribution in [2.75, 3.05) is 11.1 Å². The molecule has 5 nitrogen and oxygen atoms in total. The number of rotatable bonds is 5. The molecule has 0 radical (unpaired) electrons. The molecule has 0 spiro atoms. The Hall–Kier alpha value is -2.73. The number of aromatic nitrogens is 1. The zero-order valence-corrected chi connectivity index (χ0v) is 16.3. The summed E-state index contributed by atoms with van der Waals surface area (Å²) in [6, 6.07) is 15.2. The topological polar surface area (TPSA) is 82.2 Å². The molecule has 0 saturated carbocycles. The van der Waals surface area contributed by atoms with Gasteiger partial charge in [0.15, 0.2) is 0 Å². The Balaban J connectivity index is 1.79. The second kappa shape index (κ2) is 7.48. The summed E-state index contributed by atoms with van der Waals surface area (Å²) in [5.74, 6) is -1.06. The first-order valence-electron chi connectivity index (χ1n) is 8.61. The van der Waals surface area contributed by atoms with E-state index in [2.05, 4.69) is 37.1 Å². The molecule has 2 aromatic carbocycles. The van der Waals surface area contributed by atoms with Crippen LogP contribution < -0.4 is 5.32 Å². The van der Waals surface area contributed by atoms with Crippen LogP contribution in [0.4, 0.5) is 5.69 Å². The van der Waals surface area contributed by atoms with E-state index in [1.807, 2.05) is 36.4 Å². The second-order valence-corrected chi connectivity index (χ2v) is 8.45. The zero-order chi connectivity index (χ0) is 19.6. The molecule has 0 aliphatic heterocycles. The normalized spacial score (nSPS) is 11.5. The van der Waals surface area contributed by atoms with Crippen LogP contribution >= 0.6 is 11.8 Å². The number of fused-ring (bicyclic) bond motifs is 1. The lowest BCUT2D eigenvalue weighted by Gasteiger charge is -2.19. The minimum Gasteiger partial charge on any atom is -0.481 e. The van der Waals surface area contributed by atoms with E-state index in [0.29, 0.717) is 5.69 Å². The van der Waals surface area contributed by atoms with Crippen molar-refractivity contribution in [2.24, 2.45) is 0 Å². The highest BCUT2D eigenvalue weighted by Crippen LogP contribution is 2.26. The van der Waals surface area contributed by atoms with E-state index in [9.17, 15) is 9.59 Å². The van der Waals surface area contributed by atoms with Gasteiger partial charge in [-0.15, -0.1) is 11.8 Å². The van der Waals surface area contributed by atoms with Crippen molar-refractivity contribution >= 4 is 40.2 Å². The van der Waals surface area contributed by atoms with Gasteiger partial charge < -0.3 is 15.4 Å². The van der Waals surface area contributed by atoms with Crippen LogP contribution in [0.3, 0.4) is 0 Å². The van der Waals surface area contributed by atoms with Crippen LogP contribution in [0.5, 0.6) is 0 Å². The molecule has 0 aliphatic carbocycles. The number of thioether (sulfide) groups is 1. The summed E-state index contributed by atoms with van der Waals surface area (Å²) in [6.45, 7) is 6.39. The maximum Gasteiger partial charge on any atom is 0.313 e. The Bertz CT molecular complexity index is 1000. The third-order valence-corrected chi connectivity index (χ3v) is 5.16. The molecule has 1 aromatic heterocycles. The summed E-state index contributed by atoms with van der Waals surface area (Å²) in [5, 5.41) is 12.6. The number of hydrogen-bond donors (Lipinski definition) is 3. The lowest BCUT2D eigenvalue weighted by molar-refractivity contribution is -0.133. The number of amides is 1. The van der Waals surface area contributed by atoms with Crippen molar-refractivity contribution in [3.8, 4) is 0 Å². The van der Waals surface area contributed by atoms with Crippen molar-refractivity contribution in [1.82, 2.24) is 4.98 Å². The number of nitrogens with one attached hydrogen (secondary N) is 2. The minimum atomic E-state index is -0.855. The second-order valence-electron chi connectivity index (χ2n) is 7.40. The van der Waals surface area contributed by atoms with Gasteiger partial charge in [-0.3, -0.25) is 9.59 Å². The van der Waals surface area contributed by atoms with E-state index in [1.54, 1.807) is 6.07 Å². The van der Waals surface area contributed by atoms with Crippen LogP contribution in [0.2, 0.25) is 0 Å². The fraction of sp³-hybridized carbons (Fsp3) is 0.238. The number of carboxylic acid groups (broad SMARTS) is 1. The molecule has 27 heavy (non-hydrogen) atoms. The molecule has 6 heteroatoms. The van der Waals surface area contributed by atoms with Gasteiger partial charge in [-0.05, 0) is 47.4 Å². The van der Waals surface area contributed by atoms with Crippen LogP contribution in [-0.4, -0.2) is 27.7 Å². The summed E-state index contributed by atoms with van der Waals surface area (Å²) < 4.78 is 0. The van der Waals surface area contributed by atoms with Gasteiger partial charge >= 0.3 is 5.97 Å². The van der Waals surface area contributed by atoms with Crippen LogP contribution in [-0.2, 0) is 10.2 Å². The average Bonchev–Trinajstić information content (AvgIpc) is 3.03. The summed E-state index contributed by atoms with van der Waals surface area (Å²) in [6.07, 6.45) is 0. The van der Waals surface area contributed by atoms with Gasteiger partial charge in [0, 0.05) is 21.5 Å². The Kier molecular flexibility index (Phi) is 5.28. The van der Waals surface area contributed by atoms with Gasteiger partial charge in [0.05, 0.1) is 5.75 Å². The third-order valence-electron chi connectivity index (χ3n) is 4.19. The van der Waals surface area contributed by atoms with Gasteiger partial charge in [0.2, 0.25) is 0 Å². The molecule has 3 rings (SSSR count). The number of H-pyrrole nitrogens is 1. The molecule has 1 heterocycles. The monoisotopic (exact) mass is 382 g/mol. The van der Waals surface area contributed by atoms with Crippen LogP contribution in [0.25, 0.3) is 10.9 Å². The lowest BCUT2D eigenvalue weighted by atomic mass is 9.87. The highest BCUT2D eigenvalue weighted by Gasteiger charge is 2.15. The molecule has 0 fully saturated rings. The van der Waals surface area contributed by atoms with E-state index in [1.165, 1.54) is 11.8 Å². The molecule has 0 bridgehead atoms. The molecule has 0 unspecified atom stereocenters. The molecule has 0 atom stereocenters. The minimum absolute atomic E-state index is 0.00582. The largest absolute Gasteiger partial charge is 0.481 e. The SMILES string of the molecule is CC(C)(C)c1cccc(NC(=O)c2cc3cc(SCC(=O)O)ccc3[nH]2)c1. The third kappa shape index (κ3) is 4.71. The highest BCUT2D eigenvalue weighted by atomic mass is 32.2.